The fraction of sp³-hybridized carbons (Fsp3) is 0.429. The summed E-state index contributed by atoms with van der Waals surface area (Å²) in [7, 11) is 0. The number of fused-ring (bicyclic) bond motifs is 3. The molecule has 9 heteroatoms. The summed E-state index contributed by atoms with van der Waals surface area (Å²) < 4.78 is 7.63. The van der Waals surface area contributed by atoms with Gasteiger partial charge in [-0.2, -0.15) is 10.1 Å². The van der Waals surface area contributed by atoms with E-state index in [1.807, 2.05) is 29.3 Å². The molecule has 0 atom stereocenters. The predicted molar refractivity (Wildman–Crippen MR) is 111 cm³/mol. The summed E-state index contributed by atoms with van der Waals surface area (Å²) in [6.07, 6.45) is 2.68. The van der Waals surface area contributed by atoms with Crippen molar-refractivity contribution < 1.29 is 9.53 Å². The van der Waals surface area contributed by atoms with Gasteiger partial charge in [-0.1, -0.05) is 13.8 Å². The van der Waals surface area contributed by atoms with Crippen LogP contribution < -0.4 is 10.1 Å². The molecule has 0 spiro atoms. The van der Waals surface area contributed by atoms with Gasteiger partial charge in [0.15, 0.2) is 0 Å². The third kappa shape index (κ3) is 3.35. The number of rotatable bonds is 3. The Morgan fingerprint density at radius 2 is 2.07 bits per heavy atom. The summed E-state index contributed by atoms with van der Waals surface area (Å²) >= 11 is 0. The molecule has 0 bridgehead atoms. The van der Waals surface area contributed by atoms with Crippen LogP contribution in [-0.2, 0) is 6.42 Å². The molecule has 0 unspecified atom stereocenters. The van der Waals surface area contributed by atoms with E-state index >= 15 is 0 Å². The molecule has 1 amide bonds. The molecule has 2 aliphatic heterocycles. The van der Waals surface area contributed by atoms with Crippen LogP contribution in [0.3, 0.4) is 0 Å². The van der Waals surface area contributed by atoms with E-state index in [1.165, 1.54) is 0 Å². The topological polar surface area (TPSA) is 101 Å². The van der Waals surface area contributed by atoms with E-state index in [1.54, 1.807) is 4.68 Å². The van der Waals surface area contributed by atoms with Gasteiger partial charge in [-0.25, -0.2) is 4.68 Å². The van der Waals surface area contributed by atoms with Crippen LogP contribution in [0.1, 0.15) is 41.5 Å². The van der Waals surface area contributed by atoms with E-state index < -0.39 is 0 Å². The molecule has 2 N–H and O–H groups in total. The molecule has 30 heavy (non-hydrogen) atoms. The monoisotopic (exact) mass is 407 g/mol. The normalized spacial score (nSPS) is 16.0. The molecule has 4 heterocycles. The molecule has 1 aromatic carbocycles. The predicted octanol–water partition coefficient (Wildman–Crippen LogP) is 1.76. The quantitative estimate of drug-likeness (QED) is 0.686. The van der Waals surface area contributed by atoms with Gasteiger partial charge in [-0.05, 0) is 18.2 Å². The number of piperazine rings is 1. The first-order valence-corrected chi connectivity index (χ1v) is 10.4. The Labute approximate surface area is 174 Å². The van der Waals surface area contributed by atoms with Gasteiger partial charge in [-0.3, -0.25) is 9.89 Å². The molecule has 156 valence electrons. The van der Waals surface area contributed by atoms with Crippen molar-refractivity contribution in [2.24, 2.45) is 0 Å². The van der Waals surface area contributed by atoms with Crippen LogP contribution in [0.15, 0.2) is 24.4 Å². The van der Waals surface area contributed by atoms with Crippen molar-refractivity contribution in [1.82, 2.24) is 35.2 Å². The van der Waals surface area contributed by atoms with Crippen LogP contribution in [0.25, 0.3) is 17.2 Å². The summed E-state index contributed by atoms with van der Waals surface area (Å²) in [4.78, 5) is 19.4. The number of amides is 1. The number of H-pyrrole nitrogens is 1. The fourth-order valence-electron chi connectivity index (χ4n) is 3.84. The summed E-state index contributed by atoms with van der Waals surface area (Å²) in [5.74, 6) is 2.38. The number of nitrogens with zero attached hydrogens (tertiary/aromatic N) is 5. The van der Waals surface area contributed by atoms with Crippen molar-refractivity contribution in [3.05, 3.63) is 41.3 Å². The van der Waals surface area contributed by atoms with Crippen LogP contribution in [0.5, 0.6) is 5.75 Å². The lowest BCUT2D eigenvalue weighted by molar-refractivity contribution is 0.0736. The Kier molecular flexibility index (Phi) is 4.74. The van der Waals surface area contributed by atoms with Gasteiger partial charge in [-0.15, -0.1) is 5.10 Å². The molecular formula is C21H25N7O2. The smallest absolute Gasteiger partial charge is 0.269 e. The van der Waals surface area contributed by atoms with E-state index in [-0.39, 0.29) is 11.8 Å². The highest BCUT2D eigenvalue weighted by Crippen LogP contribution is 2.35. The number of carbonyl (C=O) groups excluding carboxylic acids is 1. The lowest BCUT2D eigenvalue weighted by Gasteiger charge is -2.27. The van der Waals surface area contributed by atoms with E-state index in [0.29, 0.717) is 18.1 Å². The maximum absolute atomic E-state index is 13.0. The van der Waals surface area contributed by atoms with Gasteiger partial charge in [0, 0.05) is 61.4 Å². The zero-order valence-electron chi connectivity index (χ0n) is 17.2. The van der Waals surface area contributed by atoms with Crippen molar-refractivity contribution >= 4 is 5.91 Å². The number of carbonyl (C=O) groups is 1. The fourth-order valence-corrected chi connectivity index (χ4v) is 3.84. The molecule has 0 aliphatic carbocycles. The van der Waals surface area contributed by atoms with Crippen molar-refractivity contribution in [3.63, 3.8) is 0 Å². The first-order chi connectivity index (χ1) is 14.6. The zero-order valence-corrected chi connectivity index (χ0v) is 17.2. The van der Waals surface area contributed by atoms with Crippen LogP contribution in [0, 0.1) is 0 Å². The largest absolute Gasteiger partial charge is 0.493 e. The number of nitrogens with one attached hydrogen (secondary N) is 2. The van der Waals surface area contributed by atoms with Crippen molar-refractivity contribution in [2.45, 2.75) is 26.2 Å². The summed E-state index contributed by atoms with van der Waals surface area (Å²) in [6, 6.07) is 5.62. The van der Waals surface area contributed by atoms with Crippen molar-refractivity contribution in [1.29, 1.82) is 0 Å². The molecule has 3 aromatic rings. The van der Waals surface area contributed by atoms with Crippen LogP contribution in [0.4, 0.5) is 0 Å². The number of aromatic nitrogens is 5. The highest BCUT2D eigenvalue weighted by Gasteiger charge is 2.24. The summed E-state index contributed by atoms with van der Waals surface area (Å²) in [5, 5.41) is 15.3. The highest BCUT2D eigenvalue weighted by atomic mass is 16.5. The number of benzene rings is 1. The Hall–Kier alpha value is -3.20. The third-order valence-corrected chi connectivity index (χ3v) is 5.55. The van der Waals surface area contributed by atoms with Gasteiger partial charge in [0.2, 0.25) is 0 Å². The minimum atomic E-state index is 0.0417. The van der Waals surface area contributed by atoms with Crippen LogP contribution in [0.2, 0.25) is 0 Å². The molecule has 0 saturated carbocycles. The first kappa shape index (κ1) is 18.8. The van der Waals surface area contributed by atoms with Crippen molar-refractivity contribution in [3.8, 4) is 23.0 Å². The average Bonchev–Trinajstić information content (AvgIpc) is 3.38. The van der Waals surface area contributed by atoms with Gasteiger partial charge < -0.3 is 15.0 Å². The number of ether oxygens (including phenoxy) is 1. The average molecular weight is 407 g/mol. The number of hydrogen-bond acceptors (Lipinski definition) is 6. The Balaban J connectivity index is 1.52. The highest BCUT2D eigenvalue weighted by molar-refractivity contribution is 5.96. The zero-order chi connectivity index (χ0) is 20.7. The number of hydrogen-bond donors (Lipinski definition) is 2. The lowest BCUT2D eigenvalue weighted by atomic mass is 10.0. The second kappa shape index (κ2) is 7.56. The van der Waals surface area contributed by atoms with E-state index in [9.17, 15) is 4.79 Å². The standard InChI is InChI=1S/C21H25N7O2/c1-13(2)19-23-21(25-24-19)28-12-15-5-10-30-17-4-3-14(11-16(17)18(15)26-28)20(29)27-8-6-22-7-9-27/h3-4,11-13,22H,5-10H2,1-2H3,(H,23,24,25). The Morgan fingerprint density at radius 1 is 1.23 bits per heavy atom. The second-order valence-corrected chi connectivity index (χ2v) is 7.97. The maximum atomic E-state index is 13.0. The van der Waals surface area contributed by atoms with Gasteiger partial charge in [0.1, 0.15) is 11.6 Å². The minimum absolute atomic E-state index is 0.0417. The molecule has 2 aliphatic rings. The van der Waals surface area contributed by atoms with Crippen LogP contribution >= 0.6 is 0 Å². The van der Waals surface area contributed by atoms with E-state index in [4.69, 9.17) is 9.84 Å². The molecule has 5 rings (SSSR count). The van der Waals surface area contributed by atoms with Gasteiger partial charge in [0.05, 0.1) is 12.3 Å². The minimum Gasteiger partial charge on any atom is -0.493 e. The summed E-state index contributed by atoms with van der Waals surface area (Å²) in [5.41, 5.74) is 3.35. The third-order valence-electron chi connectivity index (χ3n) is 5.55. The Morgan fingerprint density at radius 3 is 2.83 bits per heavy atom. The first-order valence-electron chi connectivity index (χ1n) is 10.4. The summed E-state index contributed by atoms with van der Waals surface area (Å²) in [6.45, 7) is 7.76. The molecule has 1 fully saturated rings. The number of aromatic amines is 1. The maximum Gasteiger partial charge on any atom is 0.269 e. The van der Waals surface area contributed by atoms with Crippen LogP contribution in [-0.4, -0.2) is 68.6 Å². The molecule has 1 saturated heterocycles. The molecular weight excluding hydrogens is 382 g/mol. The van der Waals surface area contributed by atoms with Gasteiger partial charge >= 0.3 is 0 Å². The molecule has 0 radical (unpaired) electrons. The van der Waals surface area contributed by atoms with Crippen molar-refractivity contribution in [2.75, 3.05) is 32.8 Å². The van der Waals surface area contributed by atoms with E-state index in [2.05, 4.69) is 34.3 Å². The molecule has 2 aromatic heterocycles. The lowest BCUT2D eigenvalue weighted by Crippen LogP contribution is -2.46. The van der Waals surface area contributed by atoms with Gasteiger partial charge in [0.25, 0.3) is 11.9 Å². The Bertz CT molecular complexity index is 1080. The second-order valence-electron chi connectivity index (χ2n) is 7.97. The molecule has 9 nitrogen and oxygen atoms in total. The van der Waals surface area contributed by atoms with E-state index in [0.717, 1.165) is 61.0 Å². The SMILES string of the molecule is CC(C)c1nc(-n2cc3c(n2)-c2cc(C(=O)N4CCNCC4)ccc2OCC3)n[nH]1.